The highest BCUT2D eigenvalue weighted by Gasteiger charge is 2.21. The van der Waals surface area contributed by atoms with Gasteiger partial charge in [0.1, 0.15) is 5.82 Å². The summed E-state index contributed by atoms with van der Waals surface area (Å²) in [7, 11) is 1.36. The molecule has 0 aliphatic carbocycles. The minimum absolute atomic E-state index is 0.325. The van der Waals surface area contributed by atoms with E-state index in [1.165, 1.54) is 29.2 Å². The van der Waals surface area contributed by atoms with Gasteiger partial charge in [-0.15, -0.1) is 0 Å². The van der Waals surface area contributed by atoms with Crippen molar-refractivity contribution in [1.82, 2.24) is 4.98 Å². The predicted molar refractivity (Wildman–Crippen MR) is 122 cm³/mol. The molecule has 1 aliphatic heterocycles. The molecule has 3 rings (SSSR count). The molecule has 1 unspecified atom stereocenters. The standard InChI is InChI=1S/C21H27IN4O2/c1-28-21(27)18-7-2-8-20(25-18)24-11-3-5-15-6-4-12-26(14-15)19-13-16(22)9-10-17(19)23/h2,7-10,13,15H,3-6,11-12,14,23H2,1H3,(H,24,25). The van der Waals surface area contributed by atoms with Gasteiger partial charge in [-0.25, -0.2) is 9.78 Å². The first-order chi connectivity index (χ1) is 13.6. The molecule has 7 heteroatoms. The number of aromatic nitrogens is 1. The molecule has 1 saturated heterocycles. The Labute approximate surface area is 180 Å². The summed E-state index contributed by atoms with van der Waals surface area (Å²) in [5, 5.41) is 3.31. The van der Waals surface area contributed by atoms with Gasteiger partial charge in [0.15, 0.2) is 5.69 Å². The number of benzene rings is 1. The van der Waals surface area contributed by atoms with Gasteiger partial charge >= 0.3 is 5.97 Å². The first-order valence-corrected chi connectivity index (χ1v) is 10.7. The number of hydrogen-bond acceptors (Lipinski definition) is 6. The summed E-state index contributed by atoms with van der Waals surface area (Å²) >= 11 is 2.34. The number of pyridine rings is 1. The molecule has 2 aromatic rings. The van der Waals surface area contributed by atoms with E-state index in [-0.39, 0.29) is 0 Å². The number of piperidine rings is 1. The Bertz CT molecular complexity index is 815. The Balaban J connectivity index is 1.47. The van der Waals surface area contributed by atoms with E-state index >= 15 is 0 Å². The third-order valence-electron chi connectivity index (χ3n) is 5.09. The zero-order valence-corrected chi connectivity index (χ0v) is 18.3. The average molecular weight is 494 g/mol. The van der Waals surface area contributed by atoms with Crippen molar-refractivity contribution in [3.63, 3.8) is 0 Å². The molecule has 1 aromatic heterocycles. The van der Waals surface area contributed by atoms with E-state index in [9.17, 15) is 4.79 Å². The van der Waals surface area contributed by atoms with Gasteiger partial charge in [0.05, 0.1) is 18.5 Å². The summed E-state index contributed by atoms with van der Waals surface area (Å²) in [5.41, 5.74) is 8.55. The Kier molecular flexibility index (Phi) is 7.36. The third kappa shape index (κ3) is 5.50. The summed E-state index contributed by atoms with van der Waals surface area (Å²) in [5.74, 6) is 0.961. The first-order valence-electron chi connectivity index (χ1n) is 9.66. The molecule has 28 heavy (non-hydrogen) atoms. The lowest BCUT2D eigenvalue weighted by atomic mass is 9.93. The van der Waals surface area contributed by atoms with E-state index in [1.54, 1.807) is 6.07 Å². The molecule has 1 atom stereocenters. The van der Waals surface area contributed by atoms with Crippen LogP contribution in [0.3, 0.4) is 0 Å². The summed E-state index contributed by atoms with van der Waals surface area (Å²) in [6.45, 7) is 2.96. The Hall–Kier alpha value is -2.03. The maximum absolute atomic E-state index is 11.6. The normalized spacial score (nSPS) is 16.6. The molecule has 0 saturated carbocycles. The molecule has 150 valence electrons. The quantitative estimate of drug-likeness (QED) is 0.261. The fourth-order valence-electron chi connectivity index (χ4n) is 3.67. The highest BCUT2D eigenvalue weighted by atomic mass is 127. The highest BCUT2D eigenvalue weighted by Crippen LogP contribution is 2.31. The highest BCUT2D eigenvalue weighted by molar-refractivity contribution is 14.1. The van der Waals surface area contributed by atoms with Crippen molar-refractivity contribution in [2.24, 2.45) is 5.92 Å². The zero-order chi connectivity index (χ0) is 19.9. The van der Waals surface area contributed by atoms with Crippen molar-refractivity contribution in [1.29, 1.82) is 0 Å². The number of nitrogens with two attached hydrogens (primary N) is 1. The number of hydrogen-bond donors (Lipinski definition) is 2. The Morgan fingerprint density at radius 1 is 1.39 bits per heavy atom. The number of nitrogen functional groups attached to an aromatic ring is 1. The molecule has 0 radical (unpaired) electrons. The number of carbonyl (C=O) groups is 1. The van der Waals surface area contributed by atoms with Crippen LogP contribution in [0.5, 0.6) is 0 Å². The fourth-order valence-corrected chi connectivity index (χ4v) is 4.14. The van der Waals surface area contributed by atoms with Gasteiger partial charge in [-0.05, 0) is 84.5 Å². The SMILES string of the molecule is COC(=O)c1cccc(NCCCC2CCCN(c3cc(I)ccc3N)C2)n1. The summed E-state index contributed by atoms with van der Waals surface area (Å²) in [6.07, 6.45) is 4.68. The molecule has 2 heterocycles. The number of nitrogens with zero attached hydrogens (tertiary/aromatic N) is 2. The van der Waals surface area contributed by atoms with Gasteiger partial charge < -0.3 is 20.7 Å². The van der Waals surface area contributed by atoms with Crippen LogP contribution in [-0.4, -0.2) is 37.7 Å². The molecule has 1 fully saturated rings. The van der Waals surface area contributed by atoms with Crippen molar-refractivity contribution >= 4 is 45.8 Å². The molecule has 1 aromatic carbocycles. The lowest BCUT2D eigenvalue weighted by molar-refractivity contribution is 0.0594. The van der Waals surface area contributed by atoms with E-state index < -0.39 is 5.97 Å². The molecule has 6 nitrogen and oxygen atoms in total. The fraction of sp³-hybridized carbons (Fsp3) is 0.429. The van der Waals surface area contributed by atoms with Gasteiger partial charge in [0, 0.05) is 23.2 Å². The van der Waals surface area contributed by atoms with Gasteiger partial charge in [-0.3, -0.25) is 0 Å². The monoisotopic (exact) mass is 494 g/mol. The van der Waals surface area contributed by atoms with Gasteiger partial charge in [0.25, 0.3) is 0 Å². The van der Waals surface area contributed by atoms with E-state index in [0.29, 0.717) is 17.4 Å². The summed E-state index contributed by atoms with van der Waals surface area (Å²) in [6, 6.07) is 11.6. The molecule has 0 spiro atoms. The summed E-state index contributed by atoms with van der Waals surface area (Å²) < 4.78 is 5.93. The minimum atomic E-state index is -0.416. The van der Waals surface area contributed by atoms with Gasteiger partial charge in [-0.2, -0.15) is 0 Å². The van der Waals surface area contributed by atoms with Crippen LogP contribution in [0, 0.1) is 9.49 Å². The van der Waals surface area contributed by atoms with Crippen molar-refractivity contribution < 1.29 is 9.53 Å². The molecule has 3 N–H and O–H groups in total. The second-order valence-corrected chi connectivity index (χ2v) is 8.37. The predicted octanol–water partition coefficient (Wildman–Crippen LogP) is 4.16. The lowest BCUT2D eigenvalue weighted by Gasteiger charge is -2.35. The van der Waals surface area contributed by atoms with Crippen molar-refractivity contribution in [3.8, 4) is 0 Å². The number of anilines is 3. The van der Waals surface area contributed by atoms with E-state index in [4.69, 9.17) is 10.5 Å². The van der Waals surface area contributed by atoms with Crippen molar-refractivity contribution in [2.75, 3.05) is 42.7 Å². The van der Waals surface area contributed by atoms with Crippen LogP contribution < -0.4 is 16.0 Å². The topological polar surface area (TPSA) is 80.5 Å². The van der Waals surface area contributed by atoms with Crippen LogP contribution in [-0.2, 0) is 4.74 Å². The van der Waals surface area contributed by atoms with E-state index in [1.807, 2.05) is 18.2 Å². The Morgan fingerprint density at radius 3 is 3.07 bits per heavy atom. The molecule has 0 bridgehead atoms. The van der Waals surface area contributed by atoms with Crippen LogP contribution >= 0.6 is 22.6 Å². The average Bonchev–Trinajstić information content (AvgIpc) is 2.73. The maximum atomic E-state index is 11.6. The van der Waals surface area contributed by atoms with Crippen LogP contribution in [0.15, 0.2) is 36.4 Å². The smallest absolute Gasteiger partial charge is 0.356 e. The second-order valence-electron chi connectivity index (χ2n) is 7.13. The lowest BCUT2D eigenvalue weighted by Crippen LogP contribution is -2.36. The number of halogens is 1. The van der Waals surface area contributed by atoms with Crippen LogP contribution in [0.4, 0.5) is 17.2 Å². The largest absolute Gasteiger partial charge is 0.464 e. The Morgan fingerprint density at radius 2 is 2.25 bits per heavy atom. The van der Waals surface area contributed by atoms with Crippen molar-refractivity contribution in [2.45, 2.75) is 25.7 Å². The van der Waals surface area contributed by atoms with Gasteiger partial charge in [0.2, 0.25) is 0 Å². The van der Waals surface area contributed by atoms with Crippen molar-refractivity contribution in [3.05, 3.63) is 45.7 Å². The third-order valence-corrected chi connectivity index (χ3v) is 5.76. The van der Waals surface area contributed by atoms with Crippen LogP contribution in [0.1, 0.15) is 36.2 Å². The number of rotatable bonds is 7. The molecule has 0 amide bonds. The number of methoxy groups -OCH3 is 1. The van der Waals surface area contributed by atoms with E-state index in [2.05, 4.69) is 49.9 Å². The molecular formula is C21H27IN4O2. The first kappa shape index (κ1) is 20.7. The number of ether oxygens (including phenoxy) is 1. The van der Waals surface area contributed by atoms with E-state index in [0.717, 1.165) is 38.2 Å². The number of nitrogens with one attached hydrogen (secondary N) is 1. The number of esters is 1. The molecular weight excluding hydrogens is 467 g/mol. The number of carbonyl (C=O) groups excluding carboxylic acids is 1. The minimum Gasteiger partial charge on any atom is -0.464 e. The second kappa shape index (κ2) is 9.95. The van der Waals surface area contributed by atoms with Crippen LogP contribution in [0.2, 0.25) is 0 Å². The maximum Gasteiger partial charge on any atom is 0.356 e. The van der Waals surface area contributed by atoms with Gasteiger partial charge in [-0.1, -0.05) is 6.07 Å². The summed E-state index contributed by atoms with van der Waals surface area (Å²) in [4.78, 5) is 18.3. The zero-order valence-electron chi connectivity index (χ0n) is 16.2. The molecule has 1 aliphatic rings. The van der Waals surface area contributed by atoms with Crippen LogP contribution in [0.25, 0.3) is 0 Å².